The molecule has 2 fully saturated rings. The number of likely N-dealkylation sites (tertiary alicyclic amines) is 1. The number of carbonyl (C=O) groups is 1. The molecule has 2 atom stereocenters. The van der Waals surface area contributed by atoms with Crippen LogP contribution in [-0.4, -0.2) is 37.6 Å². The second-order valence-electron chi connectivity index (χ2n) is 9.23. The van der Waals surface area contributed by atoms with E-state index in [0.717, 1.165) is 38.9 Å². The van der Waals surface area contributed by atoms with Crippen LogP contribution in [0.5, 0.6) is 0 Å². The molecule has 0 radical (unpaired) electrons. The zero-order chi connectivity index (χ0) is 20.8. The number of esters is 1. The summed E-state index contributed by atoms with van der Waals surface area (Å²) < 4.78 is 5.21. The molecule has 30 heavy (non-hydrogen) atoms. The summed E-state index contributed by atoms with van der Waals surface area (Å²) in [6.45, 7) is 3.26. The zero-order valence-electron chi connectivity index (χ0n) is 18.3. The van der Waals surface area contributed by atoms with E-state index in [2.05, 4.69) is 65.6 Å². The van der Waals surface area contributed by atoms with Crippen LogP contribution in [0, 0.1) is 11.3 Å². The van der Waals surface area contributed by atoms with Crippen molar-refractivity contribution in [1.29, 1.82) is 0 Å². The van der Waals surface area contributed by atoms with E-state index in [4.69, 9.17) is 4.74 Å². The van der Waals surface area contributed by atoms with Crippen molar-refractivity contribution in [3.63, 3.8) is 0 Å². The van der Waals surface area contributed by atoms with Gasteiger partial charge in [0.15, 0.2) is 0 Å². The Morgan fingerprint density at radius 1 is 1.00 bits per heavy atom. The maximum atomic E-state index is 12.5. The van der Waals surface area contributed by atoms with Crippen molar-refractivity contribution in [2.24, 2.45) is 11.3 Å². The Kier molecular flexibility index (Phi) is 6.89. The molecule has 1 saturated carbocycles. The van der Waals surface area contributed by atoms with Gasteiger partial charge < -0.3 is 9.64 Å². The Hall–Kier alpha value is -2.13. The third kappa shape index (κ3) is 4.62. The van der Waals surface area contributed by atoms with E-state index < -0.39 is 0 Å². The molecule has 3 heteroatoms. The van der Waals surface area contributed by atoms with E-state index in [-0.39, 0.29) is 17.3 Å². The zero-order valence-corrected chi connectivity index (χ0v) is 18.3. The molecule has 1 aliphatic carbocycles. The van der Waals surface area contributed by atoms with Gasteiger partial charge in [-0.3, -0.25) is 4.79 Å². The first kappa shape index (κ1) is 21.1. The van der Waals surface area contributed by atoms with Crippen LogP contribution in [0.1, 0.15) is 62.0 Å². The molecule has 2 aliphatic rings. The number of hydrogen-bond donors (Lipinski definition) is 0. The second kappa shape index (κ2) is 9.78. The molecule has 0 amide bonds. The highest BCUT2D eigenvalue weighted by Crippen LogP contribution is 2.48. The van der Waals surface area contributed by atoms with Gasteiger partial charge in [-0.2, -0.15) is 0 Å². The first-order valence-corrected chi connectivity index (χ1v) is 11.6. The van der Waals surface area contributed by atoms with Crippen molar-refractivity contribution in [3.05, 3.63) is 71.8 Å². The lowest BCUT2D eigenvalue weighted by Gasteiger charge is -2.49. The lowest BCUT2D eigenvalue weighted by Crippen LogP contribution is -2.51. The maximum Gasteiger partial charge on any atom is 0.309 e. The number of carbonyl (C=O) groups excluding carboxylic acids is 1. The van der Waals surface area contributed by atoms with Gasteiger partial charge in [-0.25, -0.2) is 0 Å². The quantitative estimate of drug-likeness (QED) is 0.581. The van der Waals surface area contributed by atoms with Crippen molar-refractivity contribution in [1.82, 2.24) is 4.90 Å². The van der Waals surface area contributed by atoms with Gasteiger partial charge in [0.2, 0.25) is 0 Å². The van der Waals surface area contributed by atoms with Crippen LogP contribution in [0.25, 0.3) is 0 Å². The maximum absolute atomic E-state index is 12.5. The fourth-order valence-electron chi connectivity index (χ4n) is 5.96. The van der Waals surface area contributed by atoms with Crippen molar-refractivity contribution in [2.75, 3.05) is 26.7 Å². The summed E-state index contributed by atoms with van der Waals surface area (Å²) in [5, 5.41) is 0. The third-order valence-corrected chi connectivity index (χ3v) is 7.47. The molecule has 0 unspecified atom stereocenters. The molecule has 1 saturated heterocycles. The van der Waals surface area contributed by atoms with Gasteiger partial charge in [0.25, 0.3) is 0 Å². The molecule has 0 bridgehead atoms. The molecule has 0 aromatic heterocycles. The van der Waals surface area contributed by atoms with Crippen LogP contribution in [-0.2, 0) is 9.53 Å². The fourth-order valence-corrected chi connectivity index (χ4v) is 5.96. The smallest absolute Gasteiger partial charge is 0.309 e. The molecule has 2 aromatic rings. The van der Waals surface area contributed by atoms with Crippen molar-refractivity contribution in [3.8, 4) is 0 Å². The Balaban J connectivity index is 1.48. The van der Waals surface area contributed by atoms with Crippen LogP contribution in [0.3, 0.4) is 0 Å². The van der Waals surface area contributed by atoms with E-state index in [9.17, 15) is 4.79 Å². The normalized spacial score (nSPS) is 24.8. The lowest BCUT2D eigenvalue weighted by molar-refractivity contribution is -0.155. The average molecular weight is 406 g/mol. The highest BCUT2D eigenvalue weighted by atomic mass is 16.5. The van der Waals surface area contributed by atoms with Crippen LogP contribution in [0.2, 0.25) is 0 Å². The Bertz CT molecular complexity index is 763. The summed E-state index contributed by atoms with van der Waals surface area (Å²) >= 11 is 0. The Labute approximate surface area is 181 Å². The summed E-state index contributed by atoms with van der Waals surface area (Å²) in [6, 6.07) is 21.8. The predicted molar refractivity (Wildman–Crippen MR) is 121 cm³/mol. The molecule has 2 aromatic carbocycles. The summed E-state index contributed by atoms with van der Waals surface area (Å²) in [5.41, 5.74) is 2.90. The highest BCUT2D eigenvalue weighted by Gasteiger charge is 2.47. The summed E-state index contributed by atoms with van der Waals surface area (Å²) in [4.78, 5) is 15.2. The van der Waals surface area contributed by atoms with E-state index >= 15 is 0 Å². The van der Waals surface area contributed by atoms with Gasteiger partial charge in [0.1, 0.15) is 0 Å². The second-order valence-corrected chi connectivity index (χ2v) is 9.23. The minimum absolute atomic E-state index is 0.0167. The molecule has 0 N–H and O–H groups in total. The molecule has 3 nitrogen and oxygen atoms in total. The monoisotopic (exact) mass is 405 g/mol. The van der Waals surface area contributed by atoms with Gasteiger partial charge in [-0.1, -0.05) is 73.5 Å². The summed E-state index contributed by atoms with van der Waals surface area (Å²) in [6.07, 6.45) is 8.04. The summed E-state index contributed by atoms with van der Waals surface area (Å²) in [5.74, 6) is 0.508. The van der Waals surface area contributed by atoms with Gasteiger partial charge in [0, 0.05) is 12.5 Å². The topological polar surface area (TPSA) is 29.5 Å². The molecule has 160 valence electrons. The van der Waals surface area contributed by atoms with E-state index in [1.807, 2.05) is 0 Å². The van der Waals surface area contributed by atoms with Gasteiger partial charge in [-0.05, 0) is 61.7 Å². The average Bonchev–Trinajstić information content (AvgIpc) is 2.81. The number of methoxy groups -OCH3 is 1. The molecular formula is C27H35NO2. The Morgan fingerprint density at radius 3 is 2.27 bits per heavy atom. The number of benzene rings is 2. The lowest BCUT2D eigenvalue weighted by atomic mass is 9.62. The number of rotatable bonds is 6. The van der Waals surface area contributed by atoms with Crippen LogP contribution >= 0.6 is 0 Å². The SMILES string of the molecule is COC(=O)[C@H]1CCCC[C@@]12CCCN(CCC(c1ccccc1)c1ccccc1)C2. The van der Waals surface area contributed by atoms with E-state index in [0.29, 0.717) is 5.92 Å². The highest BCUT2D eigenvalue weighted by molar-refractivity contribution is 5.73. The summed E-state index contributed by atoms with van der Waals surface area (Å²) in [7, 11) is 1.55. The molecule has 1 spiro atoms. The van der Waals surface area contributed by atoms with Gasteiger partial charge in [0.05, 0.1) is 13.0 Å². The van der Waals surface area contributed by atoms with E-state index in [1.54, 1.807) is 7.11 Å². The Morgan fingerprint density at radius 2 is 1.63 bits per heavy atom. The standard InChI is InChI=1S/C27H35NO2/c1-30-26(29)25-15-8-9-17-27(25)18-10-19-28(21-27)20-16-24(22-11-4-2-5-12-22)23-13-6-3-7-14-23/h2-7,11-14,24-25H,8-10,15-21H2,1H3/t25-,27+/m1/s1. The first-order valence-electron chi connectivity index (χ1n) is 11.6. The molecule has 4 rings (SSSR count). The molecule has 1 heterocycles. The number of piperidine rings is 1. The van der Waals surface area contributed by atoms with Gasteiger partial charge >= 0.3 is 5.97 Å². The third-order valence-electron chi connectivity index (χ3n) is 7.47. The molecule has 1 aliphatic heterocycles. The van der Waals surface area contributed by atoms with Crippen LogP contribution in [0.15, 0.2) is 60.7 Å². The number of nitrogens with zero attached hydrogens (tertiary/aromatic N) is 1. The first-order chi connectivity index (χ1) is 14.7. The van der Waals surface area contributed by atoms with E-state index in [1.165, 1.54) is 36.8 Å². The van der Waals surface area contributed by atoms with Crippen molar-refractivity contribution >= 4 is 5.97 Å². The van der Waals surface area contributed by atoms with Crippen molar-refractivity contribution in [2.45, 2.75) is 50.9 Å². The minimum Gasteiger partial charge on any atom is -0.469 e. The fraction of sp³-hybridized carbons (Fsp3) is 0.519. The van der Waals surface area contributed by atoms with Crippen LogP contribution < -0.4 is 0 Å². The predicted octanol–water partition coefficient (Wildman–Crippen LogP) is 5.65. The van der Waals surface area contributed by atoms with Crippen molar-refractivity contribution < 1.29 is 9.53 Å². The van der Waals surface area contributed by atoms with Crippen LogP contribution in [0.4, 0.5) is 0 Å². The van der Waals surface area contributed by atoms with Gasteiger partial charge in [-0.15, -0.1) is 0 Å². The minimum atomic E-state index is 0.0167. The largest absolute Gasteiger partial charge is 0.469 e. The molecular weight excluding hydrogens is 370 g/mol. The number of hydrogen-bond acceptors (Lipinski definition) is 3. The number of ether oxygens (including phenoxy) is 1.